The Balaban J connectivity index is 1.91. The Bertz CT molecular complexity index is 669. The van der Waals surface area contributed by atoms with Crippen LogP contribution in [0.4, 0.5) is 0 Å². The van der Waals surface area contributed by atoms with Crippen molar-refractivity contribution < 1.29 is 9.90 Å². The average molecular weight is 333 g/mol. The maximum absolute atomic E-state index is 11.2. The normalized spacial score (nSPS) is 14.2. The van der Waals surface area contributed by atoms with Gasteiger partial charge in [0.1, 0.15) is 5.82 Å². The van der Waals surface area contributed by atoms with Gasteiger partial charge in [0, 0.05) is 23.0 Å². The second-order valence-electron chi connectivity index (χ2n) is 4.97. The van der Waals surface area contributed by atoms with E-state index in [1.165, 1.54) is 6.20 Å². The third-order valence-corrected chi connectivity index (χ3v) is 3.81. The molecule has 0 bridgehead atoms. The molecule has 0 saturated heterocycles. The maximum atomic E-state index is 11.2. The van der Waals surface area contributed by atoms with E-state index >= 15 is 0 Å². The summed E-state index contributed by atoms with van der Waals surface area (Å²) in [5.74, 6) is 0.0289. The van der Waals surface area contributed by atoms with Gasteiger partial charge in [-0.25, -0.2) is 14.8 Å². The van der Waals surface area contributed by atoms with Gasteiger partial charge in [0.2, 0.25) is 0 Å². The summed E-state index contributed by atoms with van der Waals surface area (Å²) in [6.45, 7) is 0. The summed E-state index contributed by atoms with van der Waals surface area (Å²) < 4.78 is 1.01. The first-order valence-corrected chi connectivity index (χ1v) is 7.26. The Hall–Kier alpha value is -1.75. The van der Waals surface area contributed by atoms with Crippen LogP contribution in [0.2, 0.25) is 0 Å². The lowest BCUT2D eigenvalue weighted by molar-refractivity contribution is 0.0694. The fourth-order valence-electron chi connectivity index (χ4n) is 2.18. The van der Waals surface area contributed by atoms with Gasteiger partial charge in [-0.15, -0.1) is 0 Å². The molecule has 2 aromatic rings. The number of rotatable bonds is 4. The molecule has 102 valence electrons. The third kappa shape index (κ3) is 2.88. The van der Waals surface area contributed by atoms with Crippen molar-refractivity contribution >= 4 is 21.9 Å². The number of nitrogens with zero attached hydrogens (tertiary/aromatic N) is 2. The number of benzene rings is 1. The fraction of sp³-hybridized carbons (Fsp3) is 0.267. The third-order valence-electron chi connectivity index (χ3n) is 3.31. The summed E-state index contributed by atoms with van der Waals surface area (Å²) in [4.78, 5) is 19.8. The predicted molar refractivity (Wildman–Crippen MR) is 77.9 cm³/mol. The minimum absolute atomic E-state index is 0.241. The molecule has 0 spiro atoms. The van der Waals surface area contributed by atoms with Crippen LogP contribution in [0.15, 0.2) is 34.9 Å². The van der Waals surface area contributed by atoms with Gasteiger partial charge < -0.3 is 5.11 Å². The largest absolute Gasteiger partial charge is 0.478 e. The Morgan fingerprint density at radius 2 is 2.20 bits per heavy atom. The molecule has 0 aliphatic heterocycles. The molecule has 1 heterocycles. The van der Waals surface area contributed by atoms with Crippen molar-refractivity contribution in [2.24, 2.45) is 0 Å². The van der Waals surface area contributed by atoms with Crippen molar-refractivity contribution in [2.45, 2.75) is 25.2 Å². The van der Waals surface area contributed by atoms with Crippen LogP contribution in [-0.4, -0.2) is 21.0 Å². The van der Waals surface area contributed by atoms with Crippen molar-refractivity contribution in [3.8, 4) is 0 Å². The standard InChI is InChI=1S/C15H13BrN2O2/c16-11-3-1-2-9(6-11)7-13-17-8-12(15(19)20)14(18-13)10-4-5-10/h1-3,6,8,10H,4-5,7H2,(H,19,20). The van der Waals surface area contributed by atoms with Gasteiger partial charge in [-0.05, 0) is 30.5 Å². The number of hydrogen-bond acceptors (Lipinski definition) is 3. The zero-order chi connectivity index (χ0) is 14.1. The average Bonchev–Trinajstić information content (AvgIpc) is 3.22. The summed E-state index contributed by atoms with van der Waals surface area (Å²) in [5, 5.41) is 9.17. The number of carbonyl (C=O) groups is 1. The lowest BCUT2D eigenvalue weighted by Gasteiger charge is -2.07. The lowest BCUT2D eigenvalue weighted by Crippen LogP contribution is -2.08. The highest BCUT2D eigenvalue weighted by molar-refractivity contribution is 9.10. The maximum Gasteiger partial charge on any atom is 0.339 e. The topological polar surface area (TPSA) is 63.1 Å². The first-order valence-electron chi connectivity index (χ1n) is 6.47. The predicted octanol–water partition coefficient (Wildman–Crippen LogP) is 3.41. The SMILES string of the molecule is O=C(O)c1cnc(Cc2cccc(Br)c2)nc1C1CC1. The van der Waals surface area contributed by atoms with Crippen LogP contribution in [0.1, 0.15) is 46.2 Å². The molecule has 3 rings (SSSR count). The van der Waals surface area contributed by atoms with Crippen molar-refractivity contribution in [3.63, 3.8) is 0 Å². The molecule has 20 heavy (non-hydrogen) atoms. The van der Waals surface area contributed by atoms with E-state index in [0.29, 0.717) is 23.9 Å². The van der Waals surface area contributed by atoms with Crippen LogP contribution in [0.3, 0.4) is 0 Å². The van der Waals surface area contributed by atoms with E-state index in [9.17, 15) is 9.90 Å². The van der Waals surface area contributed by atoms with Crippen LogP contribution in [0.5, 0.6) is 0 Å². The van der Waals surface area contributed by atoms with Crippen molar-refractivity contribution in [2.75, 3.05) is 0 Å². The smallest absolute Gasteiger partial charge is 0.339 e. The van der Waals surface area contributed by atoms with E-state index in [-0.39, 0.29) is 5.56 Å². The van der Waals surface area contributed by atoms with Crippen LogP contribution >= 0.6 is 15.9 Å². The van der Waals surface area contributed by atoms with Gasteiger partial charge in [0.25, 0.3) is 0 Å². The van der Waals surface area contributed by atoms with E-state index in [4.69, 9.17) is 0 Å². The molecule has 4 nitrogen and oxygen atoms in total. The monoisotopic (exact) mass is 332 g/mol. The molecule has 0 atom stereocenters. The molecule has 1 aliphatic rings. The zero-order valence-electron chi connectivity index (χ0n) is 10.7. The lowest BCUT2D eigenvalue weighted by atomic mass is 10.1. The van der Waals surface area contributed by atoms with Gasteiger partial charge >= 0.3 is 5.97 Å². The molecule has 1 N–H and O–H groups in total. The quantitative estimate of drug-likeness (QED) is 0.931. The number of halogens is 1. The Labute approximate surface area is 125 Å². The highest BCUT2D eigenvalue weighted by Gasteiger charge is 2.30. The Kier molecular flexibility index (Phi) is 3.53. The highest BCUT2D eigenvalue weighted by Crippen LogP contribution is 2.40. The Morgan fingerprint density at radius 1 is 1.40 bits per heavy atom. The molecular weight excluding hydrogens is 320 g/mol. The molecule has 0 radical (unpaired) electrons. The fourth-order valence-corrected chi connectivity index (χ4v) is 2.63. The van der Waals surface area contributed by atoms with E-state index < -0.39 is 5.97 Å². The van der Waals surface area contributed by atoms with Crippen LogP contribution < -0.4 is 0 Å². The molecule has 1 saturated carbocycles. The van der Waals surface area contributed by atoms with Crippen molar-refractivity contribution in [3.05, 3.63) is 57.6 Å². The minimum Gasteiger partial charge on any atom is -0.478 e. The second kappa shape index (κ2) is 5.32. The van der Waals surface area contributed by atoms with E-state index in [2.05, 4.69) is 25.9 Å². The van der Waals surface area contributed by atoms with Gasteiger partial charge in [-0.2, -0.15) is 0 Å². The number of aromatic nitrogens is 2. The number of hydrogen-bond donors (Lipinski definition) is 1. The molecule has 5 heteroatoms. The van der Waals surface area contributed by atoms with Gasteiger partial charge in [-0.1, -0.05) is 28.1 Å². The molecule has 0 amide bonds. The second-order valence-corrected chi connectivity index (χ2v) is 5.89. The minimum atomic E-state index is -0.944. The van der Waals surface area contributed by atoms with Crippen molar-refractivity contribution in [1.82, 2.24) is 9.97 Å². The van der Waals surface area contributed by atoms with Crippen LogP contribution in [0, 0.1) is 0 Å². The van der Waals surface area contributed by atoms with Crippen LogP contribution in [-0.2, 0) is 6.42 Å². The summed E-state index contributed by atoms with van der Waals surface area (Å²) in [5.41, 5.74) is 2.03. The molecule has 1 aromatic carbocycles. The van der Waals surface area contributed by atoms with Gasteiger partial charge in [0.15, 0.2) is 0 Å². The summed E-state index contributed by atoms with van der Waals surface area (Å²) in [6.07, 6.45) is 4.09. The number of carboxylic acid groups (broad SMARTS) is 1. The Morgan fingerprint density at radius 3 is 2.85 bits per heavy atom. The van der Waals surface area contributed by atoms with Crippen molar-refractivity contribution in [1.29, 1.82) is 0 Å². The van der Waals surface area contributed by atoms with Crippen LogP contribution in [0.25, 0.3) is 0 Å². The summed E-state index contributed by atoms with van der Waals surface area (Å²) >= 11 is 3.44. The number of aromatic carboxylic acids is 1. The molecular formula is C15H13BrN2O2. The van der Waals surface area contributed by atoms with E-state index in [1.807, 2.05) is 24.3 Å². The summed E-state index contributed by atoms with van der Waals surface area (Å²) in [7, 11) is 0. The van der Waals surface area contributed by atoms with Gasteiger partial charge in [0.05, 0.1) is 11.3 Å². The van der Waals surface area contributed by atoms with E-state index in [1.54, 1.807) is 0 Å². The highest BCUT2D eigenvalue weighted by atomic mass is 79.9. The summed E-state index contributed by atoms with van der Waals surface area (Å²) in [6, 6.07) is 7.96. The first-order chi connectivity index (χ1) is 9.63. The van der Waals surface area contributed by atoms with Gasteiger partial charge in [-0.3, -0.25) is 0 Å². The molecule has 1 aliphatic carbocycles. The number of carboxylic acids is 1. The molecule has 1 aromatic heterocycles. The molecule has 1 fully saturated rings. The molecule has 0 unspecified atom stereocenters. The zero-order valence-corrected chi connectivity index (χ0v) is 12.3. The first kappa shape index (κ1) is 13.2. The van der Waals surface area contributed by atoms with E-state index in [0.717, 1.165) is 22.9 Å².